The first-order valence-corrected chi connectivity index (χ1v) is 11.7. The lowest BCUT2D eigenvalue weighted by Crippen LogP contribution is -2.51. The molecule has 162 valence electrons. The molecule has 0 amide bonds. The van der Waals surface area contributed by atoms with Crippen LogP contribution in [-0.2, 0) is 0 Å². The van der Waals surface area contributed by atoms with Crippen LogP contribution in [0.1, 0.15) is 74.8 Å². The van der Waals surface area contributed by atoms with Gasteiger partial charge in [0.05, 0.1) is 19.2 Å². The predicted molar refractivity (Wildman–Crippen MR) is 116 cm³/mol. The summed E-state index contributed by atoms with van der Waals surface area (Å²) in [5.41, 5.74) is 1.25. The average molecular weight is 411 g/mol. The van der Waals surface area contributed by atoms with Crippen molar-refractivity contribution >= 4 is 0 Å². The summed E-state index contributed by atoms with van der Waals surface area (Å²) in [5, 5.41) is 13.1. The number of hydrogen-bond acceptors (Lipinski definition) is 6. The standard InChI is InChI=1S/C23H34N6O/c1-30-21-12-10-18(11-13-21)22(23-24-25-26-29(23)20-8-4-5-9-20)28-16-14-27(15-17-28)19-6-2-3-7-19/h10-13,19-20,22H,2-9,14-17H2,1H3. The quantitative estimate of drug-likeness (QED) is 0.727. The Kier molecular flexibility index (Phi) is 6.00. The fourth-order valence-corrected chi connectivity index (χ4v) is 5.73. The summed E-state index contributed by atoms with van der Waals surface area (Å²) < 4.78 is 7.53. The van der Waals surface area contributed by atoms with Gasteiger partial charge in [-0.1, -0.05) is 37.8 Å². The molecule has 0 N–H and O–H groups in total. The topological polar surface area (TPSA) is 59.3 Å². The Bertz CT molecular complexity index is 801. The third kappa shape index (κ3) is 3.97. The van der Waals surface area contributed by atoms with Crippen molar-refractivity contribution in [2.75, 3.05) is 33.3 Å². The van der Waals surface area contributed by atoms with Gasteiger partial charge in [-0.25, -0.2) is 4.68 Å². The number of nitrogens with zero attached hydrogens (tertiary/aromatic N) is 6. The zero-order valence-electron chi connectivity index (χ0n) is 18.1. The molecule has 1 atom stereocenters. The molecule has 1 unspecified atom stereocenters. The zero-order valence-corrected chi connectivity index (χ0v) is 18.1. The molecule has 2 saturated carbocycles. The minimum absolute atomic E-state index is 0.0947. The third-order valence-electron chi connectivity index (χ3n) is 7.42. The van der Waals surface area contributed by atoms with E-state index in [2.05, 4.69) is 54.3 Å². The van der Waals surface area contributed by atoms with Crippen molar-refractivity contribution in [3.05, 3.63) is 35.7 Å². The van der Waals surface area contributed by atoms with Gasteiger partial charge in [0.15, 0.2) is 5.82 Å². The molecule has 0 bridgehead atoms. The van der Waals surface area contributed by atoms with Crippen molar-refractivity contribution < 1.29 is 4.74 Å². The number of methoxy groups -OCH3 is 1. The van der Waals surface area contributed by atoms with E-state index >= 15 is 0 Å². The summed E-state index contributed by atoms with van der Waals surface area (Å²) in [6, 6.07) is 9.81. The highest BCUT2D eigenvalue weighted by Gasteiger charge is 2.34. The highest BCUT2D eigenvalue weighted by atomic mass is 16.5. The van der Waals surface area contributed by atoms with E-state index < -0.39 is 0 Å². The van der Waals surface area contributed by atoms with E-state index in [4.69, 9.17) is 4.74 Å². The number of hydrogen-bond donors (Lipinski definition) is 0. The van der Waals surface area contributed by atoms with Gasteiger partial charge in [0.2, 0.25) is 0 Å². The van der Waals surface area contributed by atoms with Crippen LogP contribution in [0.25, 0.3) is 0 Å². The molecule has 2 aliphatic carbocycles. The summed E-state index contributed by atoms with van der Waals surface area (Å²) in [7, 11) is 1.72. The molecule has 0 radical (unpaired) electrons. The average Bonchev–Trinajstić information content (AvgIpc) is 3.57. The van der Waals surface area contributed by atoms with Gasteiger partial charge in [-0.05, 0) is 53.8 Å². The molecule has 7 heteroatoms. The Balaban J connectivity index is 1.41. The molecule has 0 spiro atoms. The summed E-state index contributed by atoms with van der Waals surface area (Å²) in [5.74, 6) is 1.89. The molecule has 1 aromatic heterocycles. The van der Waals surface area contributed by atoms with Crippen LogP contribution in [0.3, 0.4) is 0 Å². The summed E-state index contributed by atoms with van der Waals surface area (Å²) in [6.45, 7) is 4.40. The fraction of sp³-hybridized carbons (Fsp3) is 0.696. The second-order valence-electron chi connectivity index (χ2n) is 9.11. The SMILES string of the molecule is COc1ccc(C(c2nnnn2C2CCCC2)N2CCN(C3CCCC3)CC2)cc1. The van der Waals surface area contributed by atoms with Crippen molar-refractivity contribution in [1.29, 1.82) is 0 Å². The number of piperazine rings is 1. The Labute approximate surface area is 179 Å². The smallest absolute Gasteiger partial charge is 0.173 e. The van der Waals surface area contributed by atoms with E-state index in [1.807, 2.05) is 0 Å². The van der Waals surface area contributed by atoms with Crippen molar-refractivity contribution in [2.45, 2.75) is 69.5 Å². The van der Waals surface area contributed by atoms with Gasteiger partial charge < -0.3 is 4.74 Å². The van der Waals surface area contributed by atoms with Crippen LogP contribution in [0.4, 0.5) is 0 Å². The largest absolute Gasteiger partial charge is 0.497 e. The molecule has 1 saturated heterocycles. The fourth-order valence-electron chi connectivity index (χ4n) is 5.73. The molecule has 2 aromatic rings. The summed E-state index contributed by atoms with van der Waals surface area (Å²) >= 11 is 0. The molecule has 7 nitrogen and oxygen atoms in total. The van der Waals surface area contributed by atoms with Crippen LogP contribution in [0, 0.1) is 0 Å². The molecule has 30 heavy (non-hydrogen) atoms. The van der Waals surface area contributed by atoms with Crippen LogP contribution >= 0.6 is 0 Å². The Morgan fingerprint density at radius 1 is 0.867 bits per heavy atom. The van der Waals surface area contributed by atoms with E-state index in [-0.39, 0.29) is 6.04 Å². The molecule has 5 rings (SSSR count). The van der Waals surface area contributed by atoms with E-state index in [1.54, 1.807) is 7.11 Å². The number of rotatable bonds is 6. The van der Waals surface area contributed by atoms with Crippen LogP contribution in [-0.4, -0.2) is 69.3 Å². The second kappa shape index (κ2) is 9.02. The summed E-state index contributed by atoms with van der Waals surface area (Å²) in [4.78, 5) is 5.30. The normalized spacial score (nSPS) is 23.2. The summed E-state index contributed by atoms with van der Waals surface area (Å²) in [6.07, 6.45) is 10.5. The molecule has 1 aliphatic heterocycles. The molecule has 3 aliphatic rings. The van der Waals surface area contributed by atoms with Crippen LogP contribution in [0.5, 0.6) is 5.75 Å². The van der Waals surface area contributed by atoms with Gasteiger partial charge in [-0.3, -0.25) is 9.80 Å². The highest BCUT2D eigenvalue weighted by Crippen LogP contribution is 2.35. The first-order valence-electron chi connectivity index (χ1n) is 11.7. The van der Waals surface area contributed by atoms with Gasteiger partial charge in [0, 0.05) is 32.2 Å². The van der Waals surface area contributed by atoms with Crippen LogP contribution in [0.15, 0.2) is 24.3 Å². The first-order chi connectivity index (χ1) is 14.8. The minimum Gasteiger partial charge on any atom is -0.497 e. The number of ether oxygens (including phenoxy) is 1. The van der Waals surface area contributed by atoms with Gasteiger partial charge in [0.25, 0.3) is 0 Å². The maximum absolute atomic E-state index is 5.40. The highest BCUT2D eigenvalue weighted by molar-refractivity contribution is 5.32. The van der Waals surface area contributed by atoms with E-state index in [9.17, 15) is 0 Å². The number of benzene rings is 1. The maximum Gasteiger partial charge on any atom is 0.173 e. The number of aromatic nitrogens is 4. The Morgan fingerprint density at radius 2 is 1.50 bits per heavy atom. The van der Waals surface area contributed by atoms with Crippen molar-refractivity contribution in [2.24, 2.45) is 0 Å². The van der Waals surface area contributed by atoms with E-state index in [0.29, 0.717) is 6.04 Å². The van der Waals surface area contributed by atoms with Crippen molar-refractivity contribution in [1.82, 2.24) is 30.0 Å². The first kappa shape index (κ1) is 19.9. The monoisotopic (exact) mass is 410 g/mol. The van der Waals surface area contributed by atoms with Crippen molar-refractivity contribution in [3.8, 4) is 5.75 Å². The van der Waals surface area contributed by atoms with Crippen LogP contribution < -0.4 is 4.74 Å². The van der Waals surface area contributed by atoms with Gasteiger partial charge in [-0.2, -0.15) is 0 Å². The molecule has 1 aromatic carbocycles. The van der Waals surface area contributed by atoms with E-state index in [1.165, 1.54) is 56.9 Å². The van der Waals surface area contributed by atoms with Gasteiger partial charge in [0.1, 0.15) is 5.75 Å². The van der Waals surface area contributed by atoms with E-state index in [0.717, 1.165) is 43.8 Å². The van der Waals surface area contributed by atoms with Gasteiger partial charge >= 0.3 is 0 Å². The molecular weight excluding hydrogens is 376 g/mol. The predicted octanol–water partition coefficient (Wildman–Crippen LogP) is 3.45. The Morgan fingerprint density at radius 3 is 2.13 bits per heavy atom. The molecular formula is C23H34N6O. The van der Waals surface area contributed by atoms with Crippen LogP contribution in [0.2, 0.25) is 0 Å². The third-order valence-corrected chi connectivity index (χ3v) is 7.42. The van der Waals surface area contributed by atoms with Crippen molar-refractivity contribution in [3.63, 3.8) is 0 Å². The maximum atomic E-state index is 5.40. The van der Waals surface area contributed by atoms with Gasteiger partial charge in [-0.15, -0.1) is 5.10 Å². The Hall–Kier alpha value is -1.99. The lowest BCUT2D eigenvalue weighted by atomic mass is 10.0. The molecule has 2 heterocycles. The lowest BCUT2D eigenvalue weighted by Gasteiger charge is -2.41. The minimum atomic E-state index is 0.0947. The zero-order chi connectivity index (χ0) is 20.3. The lowest BCUT2D eigenvalue weighted by molar-refractivity contribution is 0.0764. The molecule has 3 fully saturated rings. The second-order valence-corrected chi connectivity index (χ2v) is 9.11. The number of tetrazole rings is 1.